The second kappa shape index (κ2) is 13.4. The second-order valence-electron chi connectivity index (χ2n) is 11.9. The fraction of sp³-hybridized carbons (Fsp3) is 0.452. The lowest BCUT2D eigenvalue weighted by atomic mass is 9.78. The first-order valence-corrected chi connectivity index (χ1v) is 14.2. The van der Waals surface area contributed by atoms with Crippen LogP contribution in [0.4, 0.5) is 0 Å². The van der Waals surface area contributed by atoms with E-state index in [1.807, 2.05) is 51.1 Å². The number of aliphatic hydroxyl groups is 1. The molecule has 0 spiro atoms. The number of amides is 4. The summed E-state index contributed by atoms with van der Waals surface area (Å²) in [7, 11) is 0. The van der Waals surface area contributed by atoms with Crippen LogP contribution in [0.25, 0.3) is 0 Å². The molecule has 0 radical (unpaired) electrons. The Hall–Kier alpha value is -4.13. The molecule has 0 bridgehead atoms. The molecule has 4 amide bonds. The van der Waals surface area contributed by atoms with Crippen molar-refractivity contribution in [3.63, 3.8) is 0 Å². The van der Waals surface area contributed by atoms with Crippen LogP contribution < -0.4 is 17.2 Å². The summed E-state index contributed by atoms with van der Waals surface area (Å²) in [6.45, 7) is 5.98. The van der Waals surface area contributed by atoms with Crippen molar-refractivity contribution >= 4 is 29.6 Å². The minimum atomic E-state index is -1.70. The molecule has 3 rings (SSSR count). The number of hydrogen-bond donors (Lipinski definition) is 5. The van der Waals surface area contributed by atoms with E-state index in [2.05, 4.69) is 0 Å². The van der Waals surface area contributed by atoms with Gasteiger partial charge in [0.25, 0.3) is 5.91 Å². The number of carbonyl (C=O) groups excluding carboxylic acids is 4. The Balaban J connectivity index is 2.25. The first-order valence-electron chi connectivity index (χ1n) is 14.2. The van der Waals surface area contributed by atoms with Crippen LogP contribution >= 0.6 is 0 Å². The molecule has 1 fully saturated rings. The highest BCUT2D eigenvalue weighted by atomic mass is 16.4. The molecule has 1 heterocycles. The van der Waals surface area contributed by atoms with Crippen molar-refractivity contribution in [1.29, 1.82) is 0 Å². The predicted molar refractivity (Wildman–Crippen MR) is 159 cm³/mol. The van der Waals surface area contributed by atoms with E-state index >= 15 is 0 Å². The standard InChI is InChI=1S/C31H41N5O7/c1-30(2,3)35-17-7-16-31(35,29(34)43)25(23(37)15-10-19-8-5-4-6-9-19)36(27(40)22(32)18-24(33)38)26(39)20-11-13-21(14-12-20)28(41)42/h4-6,8-9,11-14,22-23,25,37H,7,10,15-18,32H2,1-3H3,(H2,33,38)(H2,34,43)(H,41,42)/t22-,23?,25?,31+/m0/s1. The fourth-order valence-corrected chi connectivity index (χ4v) is 6.05. The molecule has 232 valence electrons. The van der Waals surface area contributed by atoms with Gasteiger partial charge >= 0.3 is 5.97 Å². The van der Waals surface area contributed by atoms with Crippen LogP contribution in [0.1, 0.15) is 72.7 Å². The number of hydrogen-bond acceptors (Lipinski definition) is 8. The fourth-order valence-electron chi connectivity index (χ4n) is 6.05. The molecule has 1 aliphatic rings. The van der Waals surface area contributed by atoms with Gasteiger partial charge in [0, 0.05) is 11.1 Å². The summed E-state index contributed by atoms with van der Waals surface area (Å²) >= 11 is 0. The predicted octanol–water partition coefficient (Wildman–Crippen LogP) is 1.04. The van der Waals surface area contributed by atoms with Crippen molar-refractivity contribution in [2.75, 3.05) is 6.54 Å². The molecule has 1 saturated heterocycles. The number of aliphatic hydroxyl groups excluding tert-OH is 1. The van der Waals surface area contributed by atoms with Gasteiger partial charge in [-0.3, -0.25) is 29.0 Å². The molecule has 43 heavy (non-hydrogen) atoms. The van der Waals surface area contributed by atoms with E-state index in [9.17, 15) is 34.2 Å². The molecule has 4 atom stereocenters. The van der Waals surface area contributed by atoms with Gasteiger partial charge in [0.15, 0.2) is 0 Å². The normalized spacial score (nSPS) is 19.3. The summed E-state index contributed by atoms with van der Waals surface area (Å²) in [5.41, 5.74) is 15.9. The SMILES string of the molecule is CC(C)(C)N1CCC[C@]1(C(N)=O)C(C(O)CCc1ccccc1)N(C(=O)c1ccc(C(=O)O)cc1)C(=O)[C@@H](N)CC(N)=O. The number of carbonyl (C=O) groups is 5. The lowest BCUT2D eigenvalue weighted by molar-refractivity contribution is -0.151. The largest absolute Gasteiger partial charge is 0.478 e. The minimum absolute atomic E-state index is 0.0434. The highest BCUT2D eigenvalue weighted by Gasteiger charge is 2.60. The van der Waals surface area contributed by atoms with E-state index in [-0.39, 0.29) is 24.0 Å². The van der Waals surface area contributed by atoms with Crippen molar-refractivity contribution < 1.29 is 34.2 Å². The highest BCUT2D eigenvalue weighted by Crippen LogP contribution is 2.42. The van der Waals surface area contributed by atoms with E-state index in [0.717, 1.165) is 10.5 Å². The number of aryl methyl sites for hydroxylation is 1. The maximum absolute atomic E-state index is 14.3. The van der Waals surface area contributed by atoms with Crippen LogP contribution in [-0.2, 0) is 20.8 Å². The number of likely N-dealkylation sites (tertiary alicyclic amines) is 1. The third kappa shape index (κ3) is 7.27. The van der Waals surface area contributed by atoms with Crippen molar-refractivity contribution in [3.05, 3.63) is 71.3 Å². The number of carboxylic acids is 1. The zero-order chi connectivity index (χ0) is 32.1. The summed E-state index contributed by atoms with van der Waals surface area (Å²) in [6.07, 6.45) is -1.05. The van der Waals surface area contributed by atoms with E-state index in [0.29, 0.717) is 19.4 Å². The molecule has 1 aliphatic heterocycles. The van der Waals surface area contributed by atoms with Crippen molar-refractivity contribution in [1.82, 2.24) is 9.80 Å². The van der Waals surface area contributed by atoms with Crippen LogP contribution in [0.15, 0.2) is 54.6 Å². The lowest BCUT2D eigenvalue weighted by Gasteiger charge is -2.52. The van der Waals surface area contributed by atoms with E-state index in [4.69, 9.17) is 17.2 Å². The summed E-state index contributed by atoms with van der Waals surface area (Å²) in [5.74, 6) is -4.91. The molecule has 0 saturated carbocycles. The number of imide groups is 1. The van der Waals surface area contributed by atoms with E-state index in [1.165, 1.54) is 24.3 Å². The number of nitrogens with zero attached hydrogens (tertiary/aromatic N) is 2. The zero-order valence-corrected chi connectivity index (χ0v) is 24.7. The van der Waals surface area contributed by atoms with Gasteiger partial charge in [0.05, 0.1) is 30.2 Å². The first-order chi connectivity index (χ1) is 20.1. The highest BCUT2D eigenvalue weighted by molar-refractivity contribution is 6.08. The quantitative estimate of drug-likeness (QED) is 0.237. The van der Waals surface area contributed by atoms with Gasteiger partial charge in [-0.15, -0.1) is 0 Å². The van der Waals surface area contributed by atoms with Gasteiger partial charge in [-0.1, -0.05) is 30.3 Å². The number of rotatable bonds is 12. The third-order valence-electron chi connectivity index (χ3n) is 7.93. The summed E-state index contributed by atoms with van der Waals surface area (Å²) in [4.78, 5) is 67.7. The Morgan fingerprint density at radius 3 is 2.07 bits per heavy atom. The van der Waals surface area contributed by atoms with Gasteiger partial charge < -0.3 is 27.4 Å². The molecule has 0 aliphatic carbocycles. The average molecular weight is 596 g/mol. The third-order valence-corrected chi connectivity index (χ3v) is 7.93. The zero-order valence-electron chi connectivity index (χ0n) is 24.7. The molecule has 2 aromatic carbocycles. The van der Waals surface area contributed by atoms with Crippen LogP contribution in [0.3, 0.4) is 0 Å². The average Bonchev–Trinajstić information content (AvgIpc) is 3.41. The minimum Gasteiger partial charge on any atom is -0.478 e. The number of carboxylic acid groups (broad SMARTS) is 1. The molecular weight excluding hydrogens is 554 g/mol. The topological polar surface area (TPSA) is 210 Å². The Labute approximate surface area is 250 Å². The van der Waals surface area contributed by atoms with Gasteiger partial charge in [0.2, 0.25) is 17.7 Å². The van der Waals surface area contributed by atoms with E-state index < -0.39 is 65.3 Å². The molecule has 0 aromatic heterocycles. The number of benzene rings is 2. The first kappa shape index (κ1) is 33.4. The van der Waals surface area contributed by atoms with Crippen LogP contribution in [-0.4, -0.2) is 85.4 Å². The van der Waals surface area contributed by atoms with Gasteiger partial charge in [-0.2, -0.15) is 0 Å². The summed E-state index contributed by atoms with van der Waals surface area (Å²) < 4.78 is 0. The van der Waals surface area contributed by atoms with Crippen LogP contribution in [0, 0.1) is 0 Å². The Kier molecular flexibility index (Phi) is 10.4. The maximum Gasteiger partial charge on any atom is 0.335 e. The van der Waals surface area contributed by atoms with Crippen LogP contribution in [0.5, 0.6) is 0 Å². The lowest BCUT2D eigenvalue weighted by Crippen LogP contribution is -2.74. The van der Waals surface area contributed by atoms with Gasteiger partial charge in [-0.05, 0) is 82.8 Å². The Morgan fingerprint density at radius 2 is 1.56 bits per heavy atom. The smallest absolute Gasteiger partial charge is 0.335 e. The van der Waals surface area contributed by atoms with Gasteiger partial charge in [0.1, 0.15) is 5.54 Å². The number of aromatic carboxylic acids is 1. The molecule has 12 heteroatoms. The monoisotopic (exact) mass is 595 g/mol. The molecule has 2 aromatic rings. The summed E-state index contributed by atoms with van der Waals surface area (Å²) in [5, 5.41) is 21.3. The number of primary amides is 2. The molecular formula is C31H41N5O7. The van der Waals surface area contributed by atoms with Gasteiger partial charge in [-0.25, -0.2) is 4.79 Å². The van der Waals surface area contributed by atoms with Crippen molar-refractivity contribution in [2.45, 2.75) is 82.1 Å². The Morgan fingerprint density at radius 1 is 0.977 bits per heavy atom. The molecule has 12 nitrogen and oxygen atoms in total. The second-order valence-corrected chi connectivity index (χ2v) is 11.9. The molecule has 8 N–H and O–H groups in total. The van der Waals surface area contributed by atoms with Crippen LogP contribution in [0.2, 0.25) is 0 Å². The number of nitrogens with two attached hydrogens (primary N) is 3. The van der Waals surface area contributed by atoms with Crippen molar-refractivity contribution in [2.24, 2.45) is 17.2 Å². The van der Waals surface area contributed by atoms with Crippen molar-refractivity contribution in [3.8, 4) is 0 Å². The molecule has 2 unspecified atom stereocenters. The maximum atomic E-state index is 14.3. The Bertz CT molecular complexity index is 1340. The van der Waals surface area contributed by atoms with E-state index in [1.54, 1.807) is 4.90 Å². The summed E-state index contributed by atoms with van der Waals surface area (Å²) in [6, 6.07) is 11.0.